The molecule has 0 saturated carbocycles. The maximum atomic E-state index is 12.4. The third-order valence-electron chi connectivity index (χ3n) is 5.33. The number of nitrogens with zero attached hydrogens (tertiary/aromatic N) is 3. The summed E-state index contributed by atoms with van der Waals surface area (Å²) in [6, 6.07) is 6.89. The first-order chi connectivity index (χ1) is 15.3. The molecular weight excluding hydrogens is 438 g/mol. The fourth-order valence-electron chi connectivity index (χ4n) is 3.30. The molecule has 0 aliphatic heterocycles. The number of phenols is 1. The van der Waals surface area contributed by atoms with Crippen LogP contribution in [-0.4, -0.2) is 38.8 Å². The van der Waals surface area contributed by atoms with Crippen molar-refractivity contribution in [1.82, 2.24) is 13.6 Å². The first-order valence-electron chi connectivity index (χ1n) is 10.8. The van der Waals surface area contributed by atoms with Crippen molar-refractivity contribution in [3.05, 3.63) is 47.4 Å². The van der Waals surface area contributed by atoms with Crippen LogP contribution >= 0.6 is 11.7 Å². The van der Waals surface area contributed by atoms with Crippen LogP contribution in [0.1, 0.15) is 69.3 Å². The second-order valence-electron chi connectivity index (χ2n) is 10.4. The Labute approximate surface area is 199 Å². The molecule has 0 spiro atoms. The molecule has 0 aliphatic carbocycles. The summed E-state index contributed by atoms with van der Waals surface area (Å²) in [5.74, 6) is 1.39. The summed E-state index contributed by atoms with van der Waals surface area (Å²) in [6.07, 6.45) is 1.81. The third-order valence-corrected chi connectivity index (χ3v) is 5.86. The SMILES string of the molecule is CN(C)C(=O)c1cccc(Nc2nsnc2N[C@@H](c2cc(C(C)(C)C)co2)C(C)(C)C)c1O. The number of carbonyl (C=O) groups excluding carboxylic acids is 1. The van der Waals surface area contributed by atoms with Crippen molar-refractivity contribution in [2.75, 3.05) is 24.7 Å². The Hall–Kier alpha value is -3.07. The van der Waals surface area contributed by atoms with E-state index in [0.717, 1.165) is 23.1 Å². The zero-order chi connectivity index (χ0) is 24.6. The molecule has 0 unspecified atom stereocenters. The van der Waals surface area contributed by atoms with Gasteiger partial charge in [0.15, 0.2) is 17.4 Å². The zero-order valence-electron chi connectivity index (χ0n) is 20.5. The van der Waals surface area contributed by atoms with Crippen LogP contribution in [0.2, 0.25) is 0 Å². The number of benzene rings is 1. The van der Waals surface area contributed by atoms with Crippen LogP contribution in [0.15, 0.2) is 34.9 Å². The number of rotatable bonds is 6. The smallest absolute Gasteiger partial charge is 0.257 e. The van der Waals surface area contributed by atoms with Gasteiger partial charge in [0.05, 0.1) is 35.3 Å². The molecule has 1 aromatic carbocycles. The highest BCUT2D eigenvalue weighted by Gasteiger charge is 2.32. The maximum Gasteiger partial charge on any atom is 0.257 e. The normalized spacial score (nSPS) is 13.0. The van der Waals surface area contributed by atoms with E-state index in [1.807, 2.05) is 0 Å². The molecule has 178 valence electrons. The molecule has 0 saturated heterocycles. The van der Waals surface area contributed by atoms with Crippen molar-refractivity contribution in [1.29, 1.82) is 0 Å². The molecule has 0 bridgehead atoms. The predicted octanol–water partition coefficient (Wildman–Crippen LogP) is 5.78. The van der Waals surface area contributed by atoms with Gasteiger partial charge in [0.1, 0.15) is 5.76 Å². The lowest BCUT2D eigenvalue weighted by Gasteiger charge is -2.30. The summed E-state index contributed by atoms with van der Waals surface area (Å²) < 4.78 is 14.7. The fourth-order valence-corrected chi connectivity index (χ4v) is 3.77. The van der Waals surface area contributed by atoms with Crippen LogP contribution in [0, 0.1) is 5.41 Å². The topological polar surface area (TPSA) is 104 Å². The Balaban J connectivity index is 1.90. The summed E-state index contributed by atoms with van der Waals surface area (Å²) in [4.78, 5) is 13.8. The Morgan fingerprint density at radius 2 is 1.79 bits per heavy atom. The molecule has 2 heterocycles. The van der Waals surface area contributed by atoms with E-state index < -0.39 is 0 Å². The Bertz CT molecular complexity index is 1120. The molecule has 0 radical (unpaired) electrons. The number of furan rings is 1. The molecule has 33 heavy (non-hydrogen) atoms. The average Bonchev–Trinajstić information content (AvgIpc) is 3.35. The Morgan fingerprint density at radius 1 is 1.12 bits per heavy atom. The van der Waals surface area contributed by atoms with Crippen molar-refractivity contribution in [2.24, 2.45) is 5.41 Å². The molecule has 1 atom stereocenters. The van der Waals surface area contributed by atoms with Crippen molar-refractivity contribution < 1.29 is 14.3 Å². The van der Waals surface area contributed by atoms with E-state index in [9.17, 15) is 9.90 Å². The van der Waals surface area contributed by atoms with Gasteiger partial charge in [-0.05, 0) is 34.6 Å². The standard InChI is InChI=1S/C24H33N5O3S/c1-23(2,3)14-12-17(32-13-14)19(24(4,5)6)26-21-20(27-33-28-21)25-16-11-9-10-15(18(16)30)22(31)29(7)8/h9-13,19,30H,1-8H3,(H,25,27)(H,26,28)/t19-/m0/s1. The molecule has 3 rings (SSSR count). The lowest BCUT2D eigenvalue weighted by Crippen LogP contribution is -2.26. The average molecular weight is 472 g/mol. The second-order valence-corrected chi connectivity index (χ2v) is 10.9. The molecule has 2 aromatic heterocycles. The van der Waals surface area contributed by atoms with Gasteiger partial charge in [0, 0.05) is 14.1 Å². The minimum absolute atomic E-state index is 0.0222. The highest BCUT2D eigenvalue weighted by atomic mass is 32.1. The Morgan fingerprint density at radius 3 is 2.36 bits per heavy atom. The van der Waals surface area contributed by atoms with Crippen molar-refractivity contribution in [3.8, 4) is 5.75 Å². The first kappa shape index (κ1) is 24.6. The molecule has 1 amide bonds. The van der Waals surface area contributed by atoms with Crippen LogP contribution in [0.4, 0.5) is 17.3 Å². The van der Waals surface area contributed by atoms with E-state index in [0.29, 0.717) is 17.3 Å². The number of aromatic nitrogens is 2. The number of nitrogens with one attached hydrogen (secondary N) is 2. The minimum atomic E-state index is -0.286. The van der Waals surface area contributed by atoms with Crippen molar-refractivity contribution in [3.63, 3.8) is 0 Å². The number of hydrogen-bond acceptors (Lipinski definition) is 8. The Kier molecular flexibility index (Phi) is 6.74. The van der Waals surface area contributed by atoms with Gasteiger partial charge >= 0.3 is 0 Å². The van der Waals surface area contributed by atoms with Crippen LogP contribution in [0.5, 0.6) is 5.75 Å². The third kappa shape index (κ3) is 5.47. The van der Waals surface area contributed by atoms with E-state index in [1.54, 1.807) is 38.6 Å². The van der Waals surface area contributed by atoms with Gasteiger partial charge in [-0.25, -0.2) is 0 Å². The number of aromatic hydroxyl groups is 1. The van der Waals surface area contributed by atoms with E-state index in [4.69, 9.17) is 4.42 Å². The number of amides is 1. The lowest BCUT2D eigenvalue weighted by atomic mass is 9.83. The van der Waals surface area contributed by atoms with E-state index in [2.05, 4.69) is 67.0 Å². The fraction of sp³-hybridized carbons (Fsp3) is 0.458. The summed E-state index contributed by atoms with van der Waals surface area (Å²) in [6.45, 7) is 12.8. The molecule has 8 nitrogen and oxygen atoms in total. The van der Waals surface area contributed by atoms with Gasteiger partial charge in [-0.1, -0.05) is 47.6 Å². The number of hydrogen-bond donors (Lipinski definition) is 3. The minimum Gasteiger partial charge on any atom is -0.505 e. The molecule has 3 N–H and O–H groups in total. The highest BCUT2D eigenvalue weighted by molar-refractivity contribution is 6.99. The monoisotopic (exact) mass is 471 g/mol. The van der Waals surface area contributed by atoms with E-state index >= 15 is 0 Å². The van der Waals surface area contributed by atoms with Crippen molar-refractivity contribution in [2.45, 2.75) is 53.0 Å². The number of para-hydroxylation sites is 1. The van der Waals surface area contributed by atoms with E-state index in [-0.39, 0.29) is 34.1 Å². The van der Waals surface area contributed by atoms with Crippen LogP contribution in [-0.2, 0) is 5.41 Å². The van der Waals surface area contributed by atoms with E-state index in [1.165, 1.54) is 4.90 Å². The predicted molar refractivity (Wildman–Crippen MR) is 133 cm³/mol. The zero-order valence-corrected chi connectivity index (χ0v) is 21.3. The molecular formula is C24H33N5O3S. The molecule has 3 aromatic rings. The van der Waals surface area contributed by atoms with Gasteiger partial charge < -0.3 is 25.1 Å². The van der Waals surface area contributed by atoms with Gasteiger partial charge in [-0.2, -0.15) is 8.75 Å². The highest BCUT2D eigenvalue weighted by Crippen LogP contribution is 2.40. The number of phenolic OH excluding ortho intramolecular Hbond substituents is 1. The van der Waals surface area contributed by atoms with Crippen LogP contribution < -0.4 is 10.6 Å². The summed E-state index contributed by atoms with van der Waals surface area (Å²) >= 11 is 1.05. The first-order valence-corrected chi connectivity index (χ1v) is 11.5. The maximum absolute atomic E-state index is 12.4. The molecule has 0 fully saturated rings. The van der Waals surface area contributed by atoms with Crippen LogP contribution in [0.25, 0.3) is 0 Å². The quantitative estimate of drug-likeness (QED) is 0.392. The second kappa shape index (κ2) is 9.05. The molecule has 0 aliphatic rings. The largest absolute Gasteiger partial charge is 0.505 e. The van der Waals surface area contributed by atoms with Gasteiger partial charge in [-0.3, -0.25) is 4.79 Å². The lowest BCUT2D eigenvalue weighted by molar-refractivity contribution is 0.0824. The summed E-state index contributed by atoms with van der Waals surface area (Å²) in [7, 11) is 3.28. The van der Waals surface area contributed by atoms with Gasteiger partial charge in [0.2, 0.25) is 0 Å². The van der Waals surface area contributed by atoms with Gasteiger partial charge in [-0.15, -0.1) is 0 Å². The van der Waals surface area contributed by atoms with Crippen LogP contribution in [0.3, 0.4) is 0 Å². The van der Waals surface area contributed by atoms with Crippen molar-refractivity contribution >= 4 is 35.0 Å². The molecule has 9 heteroatoms. The number of carbonyl (C=O) groups is 1. The van der Waals surface area contributed by atoms with Gasteiger partial charge in [0.25, 0.3) is 5.91 Å². The summed E-state index contributed by atoms with van der Waals surface area (Å²) in [5.41, 5.74) is 1.50. The summed E-state index contributed by atoms with van der Waals surface area (Å²) in [5, 5.41) is 17.3. The number of anilines is 3.